The Morgan fingerprint density at radius 3 is 2.00 bits per heavy atom. The molecule has 4 fully saturated rings. The number of hydrogen-bond donors (Lipinski definition) is 1. The van der Waals surface area contributed by atoms with Gasteiger partial charge in [0.15, 0.2) is 0 Å². The molecule has 0 aromatic rings. The van der Waals surface area contributed by atoms with Gasteiger partial charge >= 0.3 is 6.18 Å². The van der Waals surface area contributed by atoms with Crippen LogP contribution >= 0.6 is 0 Å². The first-order chi connectivity index (χ1) is 9.36. The van der Waals surface area contributed by atoms with Gasteiger partial charge in [0.25, 0.3) is 0 Å². The Hall–Kier alpha value is -0.250. The molecule has 0 heterocycles. The third kappa shape index (κ3) is 3.00. The molecule has 1 N–H and O–H groups in total. The summed E-state index contributed by atoms with van der Waals surface area (Å²) in [5.74, 6) is 2.71. The molecule has 4 saturated carbocycles. The molecular weight excluding hydrogens is 263 g/mol. The maximum Gasteiger partial charge on any atom is 0.389 e. The zero-order valence-corrected chi connectivity index (χ0v) is 12.3. The molecule has 20 heavy (non-hydrogen) atoms. The van der Waals surface area contributed by atoms with Gasteiger partial charge in [-0.25, -0.2) is 0 Å². The van der Waals surface area contributed by atoms with Crippen LogP contribution in [-0.2, 0) is 0 Å². The van der Waals surface area contributed by atoms with Crippen molar-refractivity contribution in [2.75, 3.05) is 6.54 Å². The molecule has 4 aliphatic rings. The van der Waals surface area contributed by atoms with Crippen LogP contribution in [0.25, 0.3) is 0 Å². The number of rotatable bonds is 5. The van der Waals surface area contributed by atoms with E-state index in [2.05, 4.69) is 12.2 Å². The van der Waals surface area contributed by atoms with Crippen molar-refractivity contribution in [3.05, 3.63) is 0 Å². The fraction of sp³-hybridized carbons (Fsp3) is 1.00. The Morgan fingerprint density at radius 2 is 1.55 bits per heavy atom. The van der Waals surface area contributed by atoms with Crippen molar-refractivity contribution in [1.82, 2.24) is 5.32 Å². The second-order valence-electron chi connectivity index (χ2n) is 7.67. The van der Waals surface area contributed by atoms with Gasteiger partial charge in [-0.3, -0.25) is 0 Å². The summed E-state index contributed by atoms with van der Waals surface area (Å²) in [4.78, 5) is 0. The summed E-state index contributed by atoms with van der Waals surface area (Å²) in [6.07, 6.45) is 3.73. The van der Waals surface area contributed by atoms with E-state index in [1.807, 2.05) is 0 Å². The first kappa shape index (κ1) is 14.7. The van der Waals surface area contributed by atoms with Gasteiger partial charge in [0.05, 0.1) is 0 Å². The zero-order chi connectivity index (χ0) is 14.4. The van der Waals surface area contributed by atoms with E-state index in [0.29, 0.717) is 18.0 Å². The van der Waals surface area contributed by atoms with Crippen molar-refractivity contribution in [2.45, 2.75) is 70.5 Å². The van der Waals surface area contributed by atoms with Gasteiger partial charge < -0.3 is 5.32 Å². The monoisotopic (exact) mass is 289 g/mol. The lowest BCUT2D eigenvalue weighted by Crippen LogP contribution is -2.55. The molecule has 0 aromatic heterocycles. The smallest absolute Gasteiger partial charge is 0.314 e. The molecule has 4 bridgehead atoms. The van der Waals surface area contributed by atoms with E-state index in [4.69, 9.17) is 0 Å². The van der Waals surface area contributed by atoms with Gasteiger partial charge in [0.1, 0.15) is 0 Å². The largest absolute Gasteiger partial charge is 0.389 e. The lowest BCUT2D eigenvalue weighted by atomic mass is 9.48. The van der Waals surface area contributed by atoms with Crippen LogP contribution in [0.2, 0.25) is 0 Å². The summed E-state index contributed by atoms with van der Waals surface area (Å²) in [6.45, 7) is 2.71. The van der Waals surface area contributed by atoms with E-state index in [1.54, 1.807) is 0 Å². The van der Waals surface area contributed by atoms with Crippen LogP contribution in [0.4, 0.5) is 13.2 Å². The van der Waals surface area contributed by atoms with E-state index in [-0.39, 0.29) is 6.42 Å². The lowest BCUT2D eigenvalue weighted by molar-refractivity contribution is -0.135. The highest BCUT2D eigenvalue weighted by Gasteiger charge is 2.52. The molecule has 1 nitrogen and oxygen atoms in total. The van der Waals surface area contributed by atoms with Gasteiger partial charge in [0, 0.05) is 12.5 Å². The van der Waals surface area contributed by atoms with E-state index >= 15 is 0 Å². The predicted octanol–water partition coefficient (Wildman–Crippen LogP) is 4.52. The number of nitrogens with one attached hydrogen (secondary N) is 1. The molecule has 4 rings (SSSR count). The van der Waals surface area contributed by atoms with Crippen LogP contribution in [-0.4, -0.2) is 18.8 Å². The Bertz CT molecular complexity index is 315. The maximum absolute atomic E-state index is 12.2. The Kier molecular flexibility index (Phi) is 3.81. The summed E-state index contributed by atoms with van der Waals surface area (Å²) in [6, 6.07) is 0.379. The molecule has 0 spiro atoms. The SMILES string of the molecule is CC(NCCCC(F)(F)F)C12CC3CC(CC(C3)C1)C2. The lowest BCUT2D eigenvalue weighted by Gasteiger charge is -2.59. The van der Waals surface area contributed by atoms with Crippen molar-refractivity contribution < 1.29 is 13.2 Å². The highest BCUT2D eigenvalue weighted by Crippen LogP contribution is 2.61. The van der Waals surface area contributed by atoms with Crippen LogP contribution in [0.3, 0.4) is 0 Å². The van der Waals surface area contributed by atoms with Gasteiger partial charge in [-0.05, 0) is 81.6 Å². The van der Waals surface area contributed by atoms with Crippen LogP contribution < -0.4 is 5.32 Å². The molecule has 0 saturated heterocycles. The second-order valence-corrected chi connectivity index (χ2v) is 7.67. The summed E-state index contributed by atoms with van der Waals surface area (Å²) >= 11 is 0. The average Bonchev–Trinajstić information content (AvgIpc) is 2.31. The highest BCUT2D eigenvalue weighted by atomic mass is 19.4. The minimum Gasteiger partial charge on any atom is -0.314 e. The zero-order valence-electron chi connectivity index (χ0n) is 12.3. The average molecular weight is 289 g/mol. The molecule has 0 aliphatic heterocycles. The summed E-state index contributed by atoms with van der Waals surface area (Å²) in [5.41, 5.74) is 0.396. The number of halogens is 3. The third-order valence-corrected chi connectivity index (χ3v) is 6.09. The molecule has 0 radical (unpaired) electrons. The number of hydrogen-bond acceptors (Lipinski definition) is 1. The highest BCUT2D eigenvalue weighted by molar-refractivity contribution is 5.05. The standard InChI is InChI=1S/C16H26F3N/c1-11(20-4-2-3-16(17,18)19)15-8-12-5-13(9-15)7-14(6-12)10-15/h11-14,20H,2-10H2,1H3. The molecule has 116 valence electrons. The minimum atomic E-state index is -4.01. The molecule has 4 heteroatoms. The molecule has 1 unspecified atom stereocenters. The van der Waals surface area contributed by atoms with Gasteiger partial charge in [-0.1, -0.05) is 0 Å². The van der Waals surface area contributed by atoms with Crippen molar-refractivity contribution >= 4 is 0 Å². The van der Waals surface area contributed by atoms with Gasteiger partial charge in [0.2, 0.25) is 0 Å². The fourth-order valence-electron chi connectivity index (χ4n) is 5.53. The van der Waals surface area contributed by atoms with Crippen molar-refractivity contribution in [1.29, 1.82) is 0 Å². The van der Waals surface area contributed by atoms with Crippen molar-refractivity contribution in [2.24, 2.45) is 23.2 Å². The quantitative estimate of drug-likeness (QED) is 0.734. The second kappa shape index (κ2) is 5.19. The Balaban J connectivity index is 1.51. The molecule has 1 atom stereocenters. The first-order valence-electron chi connectivity index (χ1n) is 8.16. The van der Waals surface area contributed by atoms with E-state index in [0.717, 1.165) is 17.8 Å². The molecule has 0 aromatic carbocycles. The van der Waals surface area contributed by atoms with E-state index in [1.165, 1.54) is 38.5 Å². The predicted molar refractivity (Wildman–Crippen MR) is 73.4 cm³/mol. The first-order valence-corrected chi connectivity index (χ1v) is 8.16. The van der Waals surface area contributed by atoms with Crippen LogP contribution in [0, 0.1) is 23.2 Å². The maximum atomic E-state index is 12.2. The van der Waals surface area contributed by atoms with Crippen molar-refractivity contribution in [3.8, 4) is 0 Å². The molecule has 4 aliphatic carbocycles. The van der Waals surface area contributed by atoms with Crippen LogP contribution in [0.15, 0.2) is 0 Å². The summed E-state index contributed by atoms with van der Waals surface area (Å²) < 4.78 is 36.5. The van der Waals surface area contributed by atoms with Crippen LogP contribution in [0.5, 0.6) is 0 Å². The fourth-order valence-corrected chi connectivity index (χ4v) is 5.53. The summed E-state index contributed by atoms with van der Waals surface area (Å²) in [5, 5.41) is 3.41. The third-order valence-electron chi connectivity index (χ3n) is 6.09. The van der Waals surface area contributed by atoms with Gasteiger partial charge in [-0.15, -0.1) is 0 Å². The minimum absolute atomic E-state index is 0.209. The Labute approximate surface area is 119 Å². The summed E-state index contributed by atoms with van der Waals surface area (Å²) in [7, 11) is 0. The normalized spacial score (nSPS) is 41.1. The Morgan fingerprint density at radius 1 is 1.05 bits per heavy atom. The molecular formula is C16H26F3N. The van der Waals surface area contributed by atoms with E-state index < -0.39 is 12.6 Å². The number of alkyl halides is 3. The topological polar surface area (TPSA) is 12.0 Å². The van der Waals surface area contributed by atoms with E-state index in [9.17, 15) is 13.2 Å². The van der Waals surface area contributed by atoms with Gasteiger partial charge in [-0.2, -0.15) is 13.2 Å². The molecule has 0 amide bonds. The van der Waals surface area contributed by atoms with Crippen LogP contribution in [0.1, 0.15) is 58.3 Å². The van der Waals surface area contributed by atoms with Crippen molar-refractivity contribution in [3.63, 3.8) is 0 Å².